The van der Waals surface area contributed by atoms with Crippen molar-refractivity contribution in [2.45, 2.75) is 25.8 Å². The van der Waals surface area contributed by atoms with Gasteiger partial charge in [0.2, 0.25) is 0 Å². The van der Waals surface area contributed by atoms with E-state index in [1.807, 2.05) is 0 Å². The monoisotopic (exact) mass is 267 g/mol. The second-order valence-corrected chi connectivity index (χ2v) is 3.94. The lowest BCUT2D eigenvalue weighted by molar-refractivity contribution is 0.0709. The SMILES string of the molecule is CCC(CCBr)NCCOCCOC. The Labute approximate surface area is 95.7 Å². The molecule has 0 heterocycles. The van der Waals surface area contributed by atoms with E-state index in [9.17, 15) is 0 Å². The molecular weight excluding hydrogens is 246 g/mol. The molecule has 0 aromatic carbocycles. The summed E-state index contributed by atoms with van der Waals surface area (Å²) in [5.74, 6) is 0. The molecule has 0 aromatic rings. The maximum absolute atomic E-state index is 5.35. The van der Waals surface area contributed by atoms with Gasteiger partial charge in [-0.05, 0) is 12.8 Å². The van der Waals surface area contributed by atoms with Crippen molar-refractivity contribution in [1.29, 1.82) is 0 Å². The van der Waals surface area contributed by atoms with Crippen molar-refractivity contribution in [2.75, 3.05) is 38.8 Å². The second-order valence-electron chi connectivity index (χ2n) is 3.14. The van der Waals surface area contributed by atoms with E-state index in [1.54, 1.807) is 7.11 Å². The maximum atomic E-state index is 5.35. The summed E-state index contributed by atoms with van der Waals surface area (Å²) >= 11 is 3.45. The standard InChI is InChI=1S/C10H22BrNO2/c1-3-10(4-5-11)12-6-7-14-9-8-13-2/h10,12H,3-9H2,1-2H3. The highest BCUT2D eigenvalue weighted by atomic mass is 79.9. The Morgan fingerprint density at radius 1 is 1.29 bits per heavy atom. The summed E-state index contributed by atoms with van der Waals surface area (Å²) in [5, 5.41) is 4.51. The molecule has 0 amide bonds. The van der Waals surface area contributed by atoms with Crippen LogP contribution < -0.4 is 5.32 Å². The summed E-state index contributed by atoms with van der Waals surface area (Å²) in [5.41, 5.74) is 0. The molecule has 14 heavy (non-hydrogen) atoms. The third-order valence-corrected chi connectivity index (χ3v) is 2.52. The molecule has 0 aliphatic carbocycles. The summed E-state index contributed by atoms with van der Waals surface area (Å²) in [6, 6.07) is 0.611. The van der Waals surface area contributed by atoms with Gasteiger partial charge < -0.3 is 14.8 Å². The number of alkyl halides is 1. The highest BCUT2D eigenvalue weighted by molar-refractivity contribution is 9.09. The Hall–Kier alpha value is 0.360. The number of methoxy groups -OCH3 is 1. The fourth-order valence-corrected chi connectivity index (χ4v) is 1.71. The van der Waals surface area contributed by atoms with Gasteiger partial charge in [0.05, 0.1) is 19.8 Å². The Balaban J connectivity index is 3.15. The molecule has 86 valence electrons. The molecule has 0 radical (unpaired) electrons. The zero-order chi connectivity index (χ0) is 10.6. The molecule has 3 nitrogen and oxygen atoms in total. The van der Waals surface area contributed by atoms with Crippen LogP contribution in [-0.2, 0) is 9.47 Å². The van der Waals surface area contributed by atoms with E-state index >= 15 is 0 Å². The molecule has 0 fully saturated rings. The van der Waals surface area contributed by atoms with E-state index < -0.39 is 0 Å². The molecule has 0 rings (SSSR count). The van der Waals surface area contributed by atoms with Gasteiger partial charge >= 0.3 is 0 Å². The smallest absolute Gasteiger partial charge is 0.0700 e. The van der Waals surface area contributed by atoms with Crippen molar-refractivity contribution in [3.63, 3.8) is 0 Å². The zero-order valence-corrected chi connectivity index (χ0v) is 10.8. The van der Waals surface area contributed by atoms with Crippen molar-refractivity contribution in [2.24, 2.45) is 0 Å². The minimum Gasteiger partial charge on any atom is -0.382 e. The molecule has 1 N–H and O–H groups in total. The molecule has 1 unspecified atom stereocenters. The minimum atomic E-state index is 0.611. The zero-order valence-electron chi connectivity index (χ0n) is 9.22. The summed E-state index contributed by atoms with van der Waals surface area (Å²) in [6.07, 6.45) is 2.35. The normalized spacial score (nSPS) is 13.1. The number of rotatable bonds is 10. The number of nitrogens with one attached hydrogen (secondary N) is 1. The predicted molar refractivity (Wildman–Crippen MR) is 63.2 cm³/mol. The third-order valence-electron chi connectivity index (χ3n) is 2.06. The van der Waals surface area contributed by atoms with E-state index in [4.69, 9.17) is 9.47 Å². The Kier molecular flexibility index (Phi) is 11.7. The molecule has 0 saturated heterocycles. The number of hydrogen-bond acceptors (Lipinski definition) is 3. The van der Waals surface area contributed by atoms with E-state index in [-0.39, 0.29) is 0 Å². The summed E-state index contributed by atoms with van der Waals surface area (Å²) in [4.78, 5) is 0. The third kappa shape index (κ3) is 8.94. The first kappa shape index (κ1) is 14.4. The molecule has 0 saturated carbocycles. The van der Waals surface area contributed by atoms with Crippen LogP contribution in [0.25, 0.3) is 0 Å². The van der Waals surface area contributed by atoms with Gasteiger partial charge in [0, 0.05) is 25.0 Å². The van der Waals surface area contributed by atoms with Crippen LogP contribution in [0.5, 0.6) is 0 Å². The van der Waals surface area contributed by atoms with Crippen LogP contribution in [0, 0.1) is 0 Å². The Bertz CT molecular complexity index is 114. The Morgan fingerprint density at radius 3 is 2.64 bits per heavy atom. The van der Waals surface area contributed by atoms with Gasteiger partial charge in [0.1, 0.15) is 0 Å². The van der Waals surface area contributed by atoms with Gasteiger partial charge in [0.25, 0.3) is 0 Å². The Morgan fingerprint density at radius 2 is 2.07 bits per heavy atom. The minimum absolute atomic E-state index is 0.611. The first-order chi connectivity index (χ1) is 6.85. The van der Waals surface area contributed by atoms with Crippen molar-refractivity contribution in [1.82, 2.24) is 5.32 Å². The summed E-state index contributed by atoms with van der Waals surface area (Å²) in [7, 11) is 1.69. The van der Waals surface area contributed by atoms with E-state index in [1.165, 1.54) is 12.8 Å². The largest absolute Gasteiger partial charge is 0.382 e. The number of ether oxygens (including phenoxy) is 2. The highest BCUT2D eigenvalue weighted by Gasteiger charge is 2.02. The maximum Gasteiger partial charge on any atom is 0.0700 e. The van der Waals surface area contributed by atoms with Crippen LogP contribution in [0.15, 0.2) is 0 Å². The topological polar surface area (TPSA) is 30.5 Å². The van der Waals surface area contributed by atoms with Crippen LogP contribution in [-0.4, -0.2) is 44.8 Å². The summed E-state index contributed by atoms with van der Waals surface area (Å²) in [6.45, 7) is 5.26. The molecule has 0 aliphatic heterocycles. The van der Waals surface area contributed by atoms with Crippen molar-refractivity contribution < 1.29 is 9.47 Å². The van der Waals surface area contributed by atoms with Crippen molar-refractivity contribution in [3.8, 4) is 0 Å². The van der Waals surface area contributed by atoms with Crippen LogP contribution in [0.2, 0.25) is 0 Å². The molecule has 4 heteroatoms. The van der Waals surface area contributed by atoms with E-state index in [0.29, 0.717) is 19.3 Å². The first-order valence-corrected chi connectivity index (χ1v) is 6.33. The molecule has 1 atom stereocenters. The summed E-state index contributed by atoms with van der Waals surface area (Å²) < 4.78 is 10.2. The lowest BCUT2D eigenvalue weighted by atomic mass is 10.2. The highest BCUT2D eigenvalue weighted by Crippen LogP contribution is 1.99. The van der Waals surface area contributed by atoms with Crippen LogP contribution in [0.1, 0.15) is 19.8 Å². The quantitative estimate of drug-likeness (QED) is 0.484. The predicted octanol–water partition coefficient (Wildman–Crippen LogP) is 1.80. The van der Waals surface area contributed by atoms with E-state index in [2.05, 4.69) is 28.2 Å². The molecular formula is C10H22BrNO2. The van der Waals surface area contributed by atoms with Gasteiger partial charge in [-0.25, -0.2) is 0 Å². The average Bonchev–Trinajstić information content (AvgIpc) is 2.21. The first-order valence-electron chi connectivity index (χ1n) is 5.21. The van der Waals surface area contributed by atoms with Gasteiger partial charge in [-0.3, -0.25) is 0 Å². The average molecular weight is 268 g/mol. The number of hydrogen-bond donors (Lipinski definition) is 1. The molecule has 0 aliphatic rings. The van der Waals surface area contributed by atoms with Crippen molar-refractivity contribution >= 4 is 15.9 Å². The number of halogens is 1. The molecule has 0 aromatic heterocycles. The van der Waals surface area contributed by atoms with Gasteiger partial charge in [0.15, 0.2) is 0 Å². The van der Waals surface area contributed by atoms with Crippen molar-refractivity contribution in [3.05, 3.63) is 0 Å². The van der Waals surface area contributed by atoms with Gasteiger partial charge in [-0.1, -0.05) is 22.9 Å². The van der Waals surface area contributed by atoms with E-state index in [0.717, 1.165) is 18.5 Å². The second kappa shape index (κ2) is 11.4. The van der Waals surface area contributed by atoms with Crippen LogP contribution in [0.3, 0.4) is 0 Å². The molecule has 0 bridgehead atoms. The lowest BCUT2D eigenvalue weighted by Gasteiger charge is -2.15. The molecule has 0 spiro atoms. The van der Waals surface area contributed by atoms with Crippen LogP contribution >= 0.6 is 15.9 Å². The lowest BCUT2D eigenvalue weighted by Crippen LogP contribution is -2.32. The van der Waals surface area contributed by atoms with Crippen LogP contribution in [0.4, 0.5) is 0 Å². The van der Waals surface area contributed by atoms with Gasteiger partial charge in [-0.15, -0.1) is 0 Å². The van der Waals surface area contributed by atoms with Gasteiger partial charge in [-0.2, -0.15) is 0 Å². The fourth-order valence-electron chi connectivity index (χ4n) is 1.16. The fraction of sp³-hybridized carbons (Fsp3) is 1.00.